The molecule has 2 aromatic rings. The van der Waals surface area contributed by atoms with E-state index >= 15 is 0 Å². The molecule has 1 aromatic heterocycles. The molecule has 0 bridgehead atoms. The Hall–Kier alpha value is -2.04. The third-order valence-electron chi connectivity index (χ3n) is 2.31. The van der Waals surface area contributed by atoms with Gasteiger partial charge in [0.15, 0.2) is 5.82 Å². The van der Waals surface area contributed by atoms with Gasteiger partial charge in [0.25, 0.3) is 0 Å². The Kier molecular flexibility index (Phi) is 3.27. The van der Waals surface area contributed by atoms with Crippen molar-refractivity contribution in [2.24, 2.45) is 0 Å². The minimum atomic E-state index is -0.493. The molecule has 3 nitrogen and oxygen atoms in total. The Morgan fingerprint density at radius 2 is 1.76 bits per heavy atom. The Bertz CT molecular complexity index is 499. The first-order valence-corrected chi connectivity index (χ1v) is 5.09. The van der Waals surface area contributed by atoms with Gasteiger partial charge in [-0.05, 0) is 6.07 Å². The number of aromatic nitrogens is 2. The summed E-state index contributed by atoms with van der Waals surface area (Å²) in [6.07, 6.45) is 2.17. The first-order valence-electron chi connectivity index (χ1n) is 5.09. The molecule has 0 saturated carbocycles. The van der Waals surface area contributed by atoms with Gasteiger partial charge < -0.3 is 4.90 Å². The lowest BCUT2D eigenvalue weighted by molar-refractivity contribution is 0.602. The van der Waals surface area contributed by atoms with E-state index in [2.05, 4.69) is 9.97 Å². The van der Waals surface area contributed by atoms with E-state index in [1.807, 2.05) is 0 Å². The van der Waals surface area contributed by atoms with Crippen LogP contribution in [-0.4, -0.2) is 17.0 Å². The van der Waals surface area contributed by atoms with Crippen LogP contribution >= 0.6 is 0 Å². The smallest absolute Gasteiger partial charge is 0.225 e. The third-order valence-corrected chi connectivity index (χ3v) is 2.31. The maximum atomic E-state index is 13.4. The second kappa shape index (κ2) is 4.86. The van der Waals surface area contributed by atoms with Crippen molar-refractivity contribution in [3.8, 4) is 0 Å². The maximum Gasteiger partial charge on any atom is 0.225 e. The van der Waals surface area contributed by atoms with E-state index in [1.165, 1.54) is 6.07 Å². The van der Waals surface area contributed by atoms with Gasteiger partial charge in [0.2, 0.25) is 5.95 Å². The molecule has 5 heteroatoms. The normalized spacial score (nSPS) is 10.3. The fraction of sp³-hybridized carbons (Fsp3) is 0.167. The van der Waals surface area contributed by atoms with Crippen molar-refractivity contribution in [1.29, 1.82) is 0 Å². The summed E-state index contributed by atoms with van der Waals surface area (Å²) in [5.74, 6) is -0.413. The van der Waals surface area contributed by atoms with E-state index in [1.54, 1.807) is 30.1 Å². The number of halogens is 2. The van der Waals surface area contributed by atoms with E-state index in [0.717, 1.165) is 12.4 Å². The van der Waals surface area contributed by atoms with Crippen LogP contribution in [0.5, 0.6) is 0 Å². The van der Waals surface area contributed by atoms with Crippen LogP contribution in [0.1, 0.15) is 5.56 Å². The lowest BCUT2D eigenvalue weighted by atomic mass is 10.2. The van der Waals surface area contributed by atoms with Crippen LogP contribution in [-0.2, 0) is 6.54 Å². The highest BCUT2D eigenvalue weighted by Gasteiger charge is 2.08. The summed E-state index contributed by atoms with van der Waals surface area (Å²) < 4.78 is 26.0. The Morgan fingerprint density at radius 1 is 1.12 bits per heavy atom. The molecular formula is C12H11F2N3. The molecule has 2 rings (SSSR count). The summed E-state index contributed by atoms with van der Waals surface area (Å²) in [4.78, 5) is 9.29. The van der Waals surface area contributed by atoms with Gasteiger partial charge >= 0.3 is 0 Å². The van der Waals surface area contributed by atoms with Crippen molar-refractivity contribution < 1.29 is 8.78 Å². The molecule has 0 atom stereocenters. The monoisotopic (exact) mass is 235 g/mol. The fourth-order valence-corrected chi connectivity index (χ4v) is 1.46. The van der Waals surface area contributed by atoms with Gasteiger partial charge in [0.1, 0.15) is 5.82 Å². The summed E-state index contributed by atoms with van der Waals surface area (Å²) in [6.45, 7) is 0.332. The zero-order valence-corrected chi connectivity index (χ0v) is 9.27. The lowest BCUT2D eigenvalue weighted by Gasteiger charge is -2.16. The number of nitrogens with zero attached hydrogens (tertiary/aromatic N) is 3. The van der Waals surface area contributed by atoms with Gasteiger partial charge in [0.05, 0.1) is 12.4 Å². The Balaban J connectivity index is 2.14. The first-order chi connectivity index (χ1) is 8.16. The fourth-order valence-electron chi connectivity index (χ4n) is 1.46. The van der Waals surface area contributed by atoms with E-state index < -0.39 is 5.82 Å². The Morgan fingerprint density at radius 3 is 2.41 bits per heavy atom. The van der Waals surface area contributed by atoms with Crippen LogP contribution in [0.25, 0.3) is 0 Å². The molecule has 88 valence electrons. The molecule has 0 aliphatic rings. The molecule has 1 heterocycles. The van der Waals surface area contributed by atoms with Crippen LogP contribution in [0.4, 0.5) is 14.7 Å². The SMILES string of the molecule is CN(Cc1ccccc1F)c1ncc(F)cn1. The topological polar surface area (TPSA) is 29.0 Å². The summed E-state index contributed by atoms with van der Waals surface area (Å²) >= 11 is 0. The molecule has 0 amide bonds. The highest BCUT2D eigenvalue weighted by molar-refractivity contribution is 5.30. The molecule has 0 fully saturated rings. The summed E-state index contributed by atoms with van der Waals surface area (Å²) in [7, 11) is 1.72. The van der Waals surface area contributed by atoms with Gasteiger partial charge in [0, 0.05) is 19.2 Å². The van der Waals surface area contributed by atoms with Crippen LogP contribution in [0, 0.1) is 11.6 Å². The van der Waals surface area contributed by atoms with Gasteiger partial charge in [-0.1, -0.05) is 18.2 Å². The molecule has 0 saturated heterocycles. The minimum Gasteiger partial charge on any atom is -0.339 e. The minimum absolute atomic E-state index is 0.276. The van der Waals surface area contributed by atoms with E-state index in [-0.39, 0.29) is 5.82 Å². The number of anilines is 1. The third kappa shape index (κ3) is 2.75. The largest absolute Gasteiger partial charge is 0.339 e. The van der Waals surface area contributed by atoms with Gasteiger partial charge in [-0.15, -0.1) is 0 Å². The average Bonchev–Trinajstić information content (AvgIpc) is 2.33. The number of hydrogen-bond acceptors (Lipinski definition) is 3. The van der Waals surface area contributed by atoms with Crippen molar-refractivity contribution in [3.05, 3.63) is 53.9 Å². The van der Waals surface area contributed by atoms with Crippen LogP contribution in [0.3, 0.4) is 0 Å². The maximum absolute atomic E-state index is 13.4. The number of benzene rings is 1. The molecule has 0 aliphatic carbocycles. The standard InChI is InChI=1S/C12H11F2N3/c1-17(12-15-6-10(13)7-16-12)8-9-4-2-3-5-11(9)14/h2-7H,8H2,1H3. The van der Waals surface area contributed by atoms with E-state index in [4.69, 9.17) is 0 Å². The quantitative estimate of drug-likeness (QED) is 0.818. The molecule has 0 spiro atoms. The van der Waals surface area contributed by atoms with Crippen molar-refractivity contribution in [1.82, 2.24) is 9.97 Å². The first kappa shape index (κ1) is 11.4. The lowest BCUT2D eigenvalue weighted by Crippen LogP contribution is -2.19. The van der Waals surface area contributed by atoms with Crippen molar-refractivity contribution in [2.45, 2.75) is 6.54 Å². The zero-order valence-electron chi connectivity index (χ0n) is 9.27. The van der Waals surface area contributed by atoms with Crippen molar-refractivity contribution in [2.75, 3.05) is 11.9 Å². The predicted molar refractivity (Wildman–Crippen MR) is 60.5 cm³/mol. The van der Waals surface area contributed by atoms with E-state index in [0.29, 0.717) is 18.1 Å². The average molecular weight is 235 g/mol. The van der Waals surface area contributed by atoms with Gasteiger partial charge in [-0.2, -0.15) is 0 Å². The van der Waals surface area contributed by atoms with Crippen molar-refractivity contribution in [3.63, 3.8) is 0 Å². The molecule has 1 aromatic carbocycles. The Labute approximate surface area is 97.7 Å². The summed E-state index contributed by atoms with van der Waals surface area (Å²) in [5.41, 5.74) is 0.544. The van der Waals surface area contributed by atoms with Crippen LogP contribution in [0.2, 0.25) is 0 Å². The predicted octanol–water partition coefficient (Wildman–Crippen LogP) is 2.39. The molecule has 0 aliphatic heterocycles. The van der Waals surface area contributed by atoms with E-state index in [9.17, 15) is 8.78 Å². The molecule has 17 heavy (non-hydrogen) atoms. The second-order valence-electron chi connectivity index (χ2n) is 3.65. The summed E-state index contributed by atoms with van der Waals surface area (Å²) in [5, 5.41) is 0. The molecular weight excluding hydrogens is 224 g/mol. The van der Waals surface area contributed by atoms with Crippen LogP contribution in [0.15, 0.2) is 36.7 Å². The number of hydrogen-bond donors (Lipinski definition) is 0. The van der Waals surface area contributed by atoms with Crippen LogP contribution < -0.4 is 4.90 Å². The number of rotatable bonds is 3. The molecule has 0 unspecified atom stereocenters. The second-order valence-corrected chi connectivity index (χ2v) is 3.65. The molecule has 0 radical (unpaired) electrons. The summed E-state index contributed by atoms with van der Waals surface area (Å²) in [6, 6.07) is 6.48. The van der Waals surface area contributed by atoms with Gasteiger partial charge in [-0.3, -0.25) is 0 Å². The highest BCUT2D eigenvalue weighted by Crippen LogP contribution is 2.12. The van der Waals surface area contributed by atoms with Crippen molar-refractivity contribution >= 4 is 5.95 Å². The zero-order chi connectivity index (χ0) is 12.3. The molecule has 0 N–H and O–H groups in total. The highest BCUT2D eigenvalue weighted by atomic mass is 19.1. The van der Waals surface area contributed by atoms with Gasteiger partial charge in [-0.25, -0.2) is 18.7 Å².